The molecule has 1 aromatic heterocycles. The highest BCUT2D eigenvalue weighted by molar-refractivity contribution is 5.95. The first kappa shape index (κ1) is 12.2. The van der Waals surface area contributed by atoms with Crippen molar-refractivity contribution in [1.29, 1.82) is 0 Å². The molecule has 0 aliphatic rings. The average molecular weight is 245 g/mol. The molecule has 1 heterocycles. The van der Waals surface area contributed by atoms with Crippen molar-refractivity contribution in [2.24, 2.45) is 7.05 Å². The molecule has 0 bridgehead atoms. The number of aliphatic carboxylic acids is 1. The smallest absolute Gasteiger partial charge is 0.328 e. The van der Waals surface area contributed by atoms with Crippen molar-refractivity contribution in [2.75, 3.05) is 7.11 Å². The van der Waals surface area contributed by atoms with E-state index >= 15 is 0 Å². The number of ether oxygens (including phenoxy) is 1. The topological polar surface area (TPSA) is 51.5 Å². The van der Waals surface area contributed by atoms with Gasteiger partial charge in [0.2, 0.25) is 0 Å². The third-order valence-corrected chi connectivity index (χ3v) is 3.14. The summed E-state index contributed by atoms with van der Waals surface area (Å²) in [6.07, 6.45) is 2.79. The molecule has 0 atom stereocenters. The number of hydrogen-bond donors (Lipinski definition) is 1. The predicted octanol–water partition coefficient (Wildman–Crippen LogP) is 2.59. The first-order chi connectivity index (χ1) is 8.54. The van der Waals surface area contributed by atoms with Gasteiger partial charge in [0, 0.05) is 35.8 Å². The van der Waals surface area contributed by atoms with Gasteiger partial charge in [0.1, 0.15) is 5.75 Å². The van der Waals surface area contributed by atoms with Crippen molar-refractivity contribution < 1.29 is 14.6 Å². The largest absolute Gasteiger partial charge is 0.497 e. The van der Waals surface area contributed by atoms with Gasteiger partial charge in [0.25, 0.3) is 0 Å². The van der Waals surface area contributed by atoms with E-state index in [0.29, 0.717) is 0 Å². The fourth-order valence-corrected chi connectivity index (χ4v) is 2.06. The zero-order chi connectivity index (χ0) is 13.3. The summed E-state index contributed by atoms with van der Waals surface area (Å²) in [5.74, 6) is -0.156. The van der Waals surface area contributed by atoms with Gasteiger partial charge in [-0.05, 0) is 25.1 Å². The van der Waals surface area contributed by atoms with Crippen LogP contribution in [0.2, 0.25) is 0 Å². The van der Waals surface area contributed by atoms with E-state index in [0.717, 1.165) is 34.0 Å². The Kier molecular flexibility index (Phi) is 3.10. The van der Waals surface area contributed by atoms with Crippen LogP contribution in [0, 0.1) is 6.92 Å². The molecule has 18 heavy (non-hydrogen) atoms. The number of carbonyl (C=O) groups is 1. The maximum Gasteiger partial charge on any atom is 0.328 e. The highest BCUT2D eigenvalue weighted by Gasteiger charge is 2.10. The first-order valence-electron chi connectivity index (χ1n) is 5.58. The Morgan fingerprint density at radius 1 is 1.44 bits per heavy atom. The monoisotopic (exact) mass is 245 g/mol. The lowest BCUT2D eigenvalue weighted by molar-refractivity contribution is -0.131. The summed E-state index contributed by atoms with van der Waals surface area (Å²) in [6, 6.07) is 5.77. The summed E-state index contributed by atoms with van der Waals surface area (Å²) >= 11 is 0. The third kappa shape index (κ3) is 1.97. The molecule has 2 aromatic rings. The summed E-state index contributed by atoms with van der Waals surface area (Å²) in [6.45, 7) is 1.97. The number of benzene rings is 1. The normalized spacial score (nSPS) is 11.3. The van der Waals surface area contributed by atoms with Gasteiger partial charge >= 0.3 is 5.97 Å². The van der Waals surface area contributed by atoms with Crippen molar-refractivity contribution in [3.8, 4) is 5.75 Å². The van der Waals surface area contributed by atoms with Gasteiger partial charge in [-0.2, -0.15) is 0 Å². The summed E-state index contributed by atoms with van der Waals surface area (Å²) < 4.78 is 7.23. The molecule has 0 amide bonds. The van der Waals surface area contributed by atoms with Gasteiger partial charge in [-0.1, -0.05) is 0 Å². The maximum absolute atomic E-state index is 10.6. The average Bonchev–Trinajstić information content (AvgIpc) is 2.59. The molecule has 0 spiro atoms. The van der Waals surface area contributed by atoms with Crippen LogP contribution in [-0.4, -0.2) is 22.8 Å². The summed E-state index contributed by atoms with van der Waals surface area (Å²) in [4.78, 5) is 10.6. The van der Waals surface area contributed by atoms with Gasteiger partial charge in [0.05, 0.1) is 12.6 Å². The Balaban J connectivity index is 2.67. The molecule has 0 unspecified atom stereocenters. The Morgan fingerprint density at radius 2 is 2.17 bits per heavy atom. The van der Waals surface area contributed by atoms with E-state index in [1.165, 1.54) is 0 Å². The number of aromatic nitrogens is 1. The zero-order valence-electron chi connectivity index (χ0n) is 10.6. The summed E-state index contributed by atoms with van der Waals surface area (Å²) in [5, 5.41) is 9.73. The van der Waals surface area contributed by atoms with E-state index < -0.39 is 5.97 Å². The lowest BCUT2D eigenvalue weighted by atomic mass is 10.1. The van der Waals surface area contributed by atoms with E-state index in [4.69, 9.17) is 9.84 Å². The van der Waals surface area contributed by atoms with Gasteiger partial charge in [-0.15, -0.1) is 0 Å². The van der Waals surface area contributed by atoms with Crippen LogP contribution in [-0.2, 0) is 11.8 Å². The van der Waals surface area contributed by atoms with Crippen molar-refractivity contribution in [3.63, 3.8) is 0 Å². The molecule has 2 rings (SSSR count). The Labute approximate surface area is 105 Å². The Morgan fingerprint density at radius 3 is 2.78 bits per heavy atom. The minimum Gasteiger partial charge on any atom is -0.497 e. The van der Waals surface area contributed by atoms with Crippen LogP contribution >= 0.6 is 0 Å². The molecule has 0 aliphatic carbocycles. The standard InChI is InChI=1S/C14H15NO3/c1-9-11(6-7-14(16)17)12-5-4-10(18-3)8-13(12)15(9)2/h4-8H,1-3H3,(H,16,17)/b7-6+. The van der Waals surface area contributed by atoms with Gasteiger partial charge in [-0.25, -0.2) is 4.79 Å². The van der Waals surface area contributed by atoms with E-state index in [1.807, 2.05) is 36.7 Å². The molecular weight excluding hydrogens is 230 g/mol. The number of fused-ring (bicyclic) bond motifs is 1. The number of methoxy groups -OCH3 is 1. The number of aryl methyl sites for hydroxylation is 1. The second kappa shape index (κ2) is 4.56. The fourth-order valence-electron chi connectivity index (χ4n) is 2.06. The van der Waals surface area contributed by atoms with E-state index in [2.05, 4.69) is 0 Å². The number of nitrogens with zero attached hydrogens (tertiary/aromatic N) is 1. The predicted molar refractivity (Wildman–Crippen MR) is 70.9 cm³/mol. The lowest BCUT2D eigenvalue weighted by Crippen LogP contribution is -1.91. The first-order valence-corrected chi connectivity index (χ1v) is 5.58. The van der Waals surface area contributed by atoms with Crippen molar-refractivity contribution in [1.82, 2.24) is 4.57 Å². The molecule has 1 N–H and O–H groups in total. The van der Waals surface area contributed by atoms with Crippen molar-refractivity contribution in [3.05, 3.63) is 35.5 Å². The zero-order valence-corrected chi connectivity index (χ0v) is 10.6. The quantitative estimate of drug-likeness (QED) is 0.845. The minimum atomic E-state index is -0.945. The van der Waals surface area contributed by atoms with Crippen LogP contribution < -0.4 is 4.74 Å². The van der Waals surface area contributed by atoms with Crippen LogP contribution in [0.15, 0.2) is 24.3 Å². The highest BCUT2D eigenvalue weighted by atomic mass is 16.5. The third-order valence-electron chi connectivity index (χ3n) is 3.14. The second-order valence-electron chi connectivity index (χ2n) is 4.11. The Hall–Kier alpha value is -2.23. The highest BCUT2D eigenvalue weighted by Crippen LogP contribution is 2.29. The van der Waals surface area contributed by atoms with E-state index in [1.54, 1.807) is 13.2 Å². The molecule has 4 nitrogen and oxygen atoms in total. The van der Waals surface area contributed by atoms with Crippen LogP contribution in [0.1, 0.15) is 11.3 Å². The molecule has 0 saturated carbocycles. The van der Waals surface area contributed by atoms with Crippen molar-refractivity contribution >= 4 is 22.9 Å². The molecule has 0 aliphatic heterocycles. The molecule has 4 heteroatoms. The number of carboxylic acid groups (broad SMARTS) is 1. The fraction of sp³-hybridized carbons (Fsp3) is 0.214. The Bertz CT molecular complexity index is 638. The maximum atomic E-state index is 10.6. The van der Waals surface area contributed by atoms with Crippen LogP contribution in [0.25, 0.3) is 17.0 Å². The molecule has 0 saturated heterocycles. The second-order valence-corrected chi connectivity index (χ2v) is 4.11. The lowest BCUT2D eigenvalue weighted by Gasteiger charge is -2.01. The molecule has 0 fully saturated rings. The van der Waals surface area contributed by atoms with Gasteiger partial charge in [-0.3, -0.25) is 0 Å². The SMILES string of the molecule is COc1ccc2c(/C=C/C(=O)O)c(C)n(C)c2c1. The van der Waals surface area contributed by atoms with E-state index in [-0.39, 0.29) is 0 Å². The molecule has 0 radical (unpaired) electrons. The number of carboxylic acids is 1. The molecule has 1 aromatic carbocycles. The number of rotatable bonds is 3. The molecular formula is C14H15NO3. The van der Waals surface area contributed by atoms with Crippen LogP contribution in [0.3, 0.4) is 0 Å². The van der Waals surface area contributed by atoms with Crippen LogP contribution in [0.5, 0.6) is 5.75 Å². The van der Waals surface area contributed by atoms with Gasteiger partial charge < -0.3 is 14.4 Å². The minimum absolute atomic E-state index is 0.789. The summed E-state index contributed by atoms with van der Waals surface area (Å²) in [5.41, 5.74) is 2.98. The van der Waals surface area contributed by atoms with Crippen LogP contribution in [0.4, 0.5) is 0 Å². The van der Waals surface area contributed by atoms with E-state index in [9.17, 15) is 4.79 Å². The number of hydrogen-bond acceptors (Lipinski definition) is 2. The molecule has 94 valence electrons. The van der Waals surface area contributed by atoms with Crippen molar-refractivity contribution in [2.45, 2.75) is 6.92 Å². The van der Waals surface area contributed by atoms with Gasteiger partial charge in [0.15, 0.2) is 0 Å². The summed E-state index contributed by atoms with van der Waals surface area (Å²) in [7, 11) is 3.58.